The van der Waals surface area contributed by atoms with Crippen LogP contribution in [0.15, 0.2) is 77.8 Å². The number of nitrogens with zero attached hydrogens (tertiary/aromatic N) is 2. The molecule has 1 fully saturated rings. The molecule has 33 heavy (non-hydrogen) atoms. The Morgan fingerprint density at radius 2 is 1.82 bits per heavy atom. The lowest BCUT2D eigenvalue weighted by molar-refractivity contribution is -0.144. The molecule has 0 aliphatic carbocycles. The second-order valence-corrected chi connectivity index (χ2v) is 10.3. The number of carbonyl (C=O) groups is 1. The number of aliphatic carboxylic acids is 1. The first kappa shape index (κ1) is 22.9. The van der Waals surface area contributed by atoms with Gasteiger partial charge in [0.15, 0.2) is 9.84 Å². The Labute approximate surface area is 193 Å². The van der Waals surface area contributed by atoms with Crippen LogP contribution >= 0.6 is 0 Å². The minimum absolute atomic E-state index is 0.0513. The fourth-order valence-corrected chi connectivity index (χ4v) is 5.97. The smallest absolute Gasteiger partial charge is 0.320 e. The molecule has 2 unspecified atom stereocenters. The molecule has 7 nitrogen and oxygen atoms in total. The minimum atomic E-state index is -3.64. The lowest BCUT2D eigenvalue weighted by Crippen LogP contribution is -2.49. The van der Waals surface area contributed by atoms with E-state index in [-0.39, 0.29) is 11.3 Å². The Hall–Kier alpha value is -3.23. The Bertz CT molecular complexity index is 1200. The van der Waals surface area contributed by atoms with Crippen LogP contribution in [0, 0.1) is 0 Å². The van der Waals surface area contributed by atoms with Crippen LogP contribution in [0.4, 0.5) is 0 Å². The van der Waals surface area contributed by atoms with Crippen molar-refractivity contribution in [2.45, 2.75) is 35.6 Å². The topological polar surface area (TPSA) is 96.8 Å². The quantitative estimate of drug-likeness (QED) is 0.568. The lowest BCUT2D eigenvalue weighted by atomic mass is 10.00. The van der Waals surface area contributed by atoms with Gasteiger partial charge in [0, 0.05) is 24.8 Å². The molecule has 1 aromatic heterocycles. The molecule has 8 heteroatoms. The number of carboxylic acids is 1. The number of rotatable bonds is 7. The first-order valence-electron chi connectivity index (χ1n) is 10.7. The van der Waals surface area contributed by atoms with Gasteiger partial charge in [-0.05, 0) is 54.8 Å². The fraction of sp³-hybridized carbons (Fsp3) is 0.280. The van der Waals surface area contributed by atoms with Gasteiger partial charge in [0.2, 0.25) is 0 Å². The monoisotopic (exact) mass is 466 g/mol. The van der Waals surface area contributed by atoms with Crippen LogP contribution in [0.25, 0.3) is 11.3 Å². The fourth-order valence-electron chi connectivity index (χ4n) is 4.22. The van der Waals surface area contributed by atoms with Crippen LogP contribution in [-0.2, 0) is 21.2 Å². The highest BCUT2D eigenvalue weighted by atomic mass is 32.2. The largest absolute Gasteiger partial charge is 0.497 e. The van der Waals surface area contributed by atoms with Gasteiger partial charge >= 0.3 is 5.97 Å². The second-order valence-electron chi connectivity index (χ2n) is 8.10. The van der Waals surface area contributed by atoms with Crippen LogP contribution in [0.3, 0.4) is 0 Å². The van der Waals surface area contributed by atoms with Crippen LogP contribution in [-0.4, -0.2) is 54.3 Å². The van der Waals surface area contributed by atoms with Gasteiger partial charge < -0.3 is 9.84 Å². The first-order valence-corrected chi connectivity index (χ1v) is 12.3. The van der Waals surface area contributed by atoms with Crippen molar-refractivity contribution in [1.29, 1.82) is 0 Å². The van der Waals surface area contributed by atoms with Crippen molar-refractivity contribution < 1.29 is 23.1 Å². The third-order valence-electron chi connectivity index (χ3n) is 6.08. The zero-order chi connectivity index (χ0) is 23.4. The number of benzene rings is 2. The molecule has 1 N–H and O–H groups in total. The molecular formula is C25H26N2O5S. The summed E-state index contributed by atoms with van der Waals surface area (Å²) in [6.07, 6.45) is 2.17. The average molecular weight is 467 g/mol. The van der Waals surface area contributed by atoms with E-state index in [4.69, 9.17) is 4.74 Å². The highest BCUT2D eigenvalue weighted by Crippen LogP contribution is 2.30. The van der Waals surface area contributed by atoms with Crippen LogP contribution in [0.5, 0.6) is 5.75 Å². The maximum Gasteiger partial charge on any atom is 0.320 e. The van der Waals surface area contributed by atoms with E-state index in [1.807, 2.05) is 47.4 Å². The summed E-state index contributed by atoms with van der Waals surface area (Å²) in [6.45, 7) is 0.827. The van der Waals surface area contributed by atoms with Crippen molar-refractivity contribution in [3.63, 3.8) is 0 Å². The highest BCUT2D eigenvalue weighted by molar-refractivity contribution is 7.92. The Kier molecular flexibility index (Phi) is 6.76. The van der Waals surface area contributed by atoms with Crippen molar-refractivity contribution in [2.75, 3.05) is 13.7 Å². The molecule has 0 bridgehead atoms. The maximum atomic E-state index is 13.1. The summed E-state index contributed by atoms with van der Waals surface area (Å²) in [5, 5.41) is 9.10. The minimum Gasteiger partial charge on any atom is -0.497 e. The molecule has 3 aromatic rings. The van der Waals surface area contributed by atoms with Crippen LogP contribution in [0.2, 0.25) is 0 Å². The second kappa shape index (κ2) is 9.72. The first-order chi connectivity index (χ1) is 15.9. The van der Waals surface area contributed by atoms with E-state index >= 15 is 0 Å². The van der Waals surface area contributed by atoms with E-state index in [1.54, 1.807) is 18.3 Å². The normalized spacial score (nSPS) is 19.2. The predicted octanol–water partition coefficient (Wildman–Crippen LogP) is 3.65. The highest BCUT2D eigenvalue weighted by Gasteiger charge is 2.39. The van der Waals surface area contributed by atoms with Gasteiger partial charge in [-0.25, -0.2) is 8.42 Å². The SMILES string of the molecule is COc1ccc(S(=O)(=O)C2CCN(Cc3ccc(-c4ccccn4)cc3)C(C(=O)O)C2)cc1. The summed E-state index contributed by atoms with van der Waals surface area (Å²) in [5.41, 5.74) is 2.83. The summed E-state index contributed by atoms with van der Waals surface area (Å²) in [6, 6.07) is 18.9. The number of ether oxygens (including phenoxy) is 1. The molecule has 1 aliphatic heterocycles. The van der Waals surface area contributed by atoms with E-state index in [1.165, 1.54) is 19.2 Å². The molecular weight excluding hydrogens is 440 g/mol. The molecule has 1 saturated heterocycles. The van der Waals surface area contributed by atoms with Gasteiger partial charge in [0.25, 0.3) is 0 Å². The number of hydrogen-bond acceptors (Lipinski definition) is 6. The zero-order valence-corrected chi connectivity index (χ0v) is 19.1. The Morgan fingerprint density at radius 3 is 2.42 bits per heavy atom. The van der Waals surface area contributed by atoms with E-state index in [2.05, 4.69) is 4.98 Å². The van der Waals surface area contributed by atoms with Crippen molar-refractivity contribution in [3.05, 3.63) is 78.5 Å². The molecule has 0 saturated carbocycles. The van der Waals surface area contributed by atoms with Gasteiger partial charge in [-0.2, -0.15) is 0 Å². The van der Waals surface area contributed by atoms with Crippen molar-refractivity contribution >= 4 is 15.8 Å². The lowest BCUT2D eigenvalue weighted by Gasteiger charge is -2.37. The van der Waals surface area contributed by atoms with E-state index in [0.29, 0.717) is 25.3 Å². The molecule has 2 aromatic carbocycles. The van der Waals surface area contributed by atoms with Gasteiger partial charge in [0.1, 0.15) is 11.8 Å². The third-order valence-corrected chi connectivity index (χ3v) is 8.31. The Morgan fingerprint density at radius 1 is 1.09 bits per heavy atom. The number of methoxy groups -OCH3 is 1. The zero-order valence-electron chi connectivity index (χ0n) is 18.3. The predicted molar refractivity (Wildman–Crippen MR) is 125 cm³/mol. The summed E-state index contributed by atoms with van der Waals surface area (Å²) in [7, 11) is -2.12. The Balaban J connectivity index is 1.47. The summed E-state index contributed by atoms with van der Waals surface area (Å²) >= 11 is 0. The van der Waals surface area contributed by atoms with Gasteiger partial charge in [-0.15, -0.1) is 0 Å². The number of carboxylic acid groups (broad SMARTS) is 1. The molecule has 0 spiro atoms. The summed E-state index contributed by atoms with van der Waals surface area (Å²) < 4.78 is 31.4. The molecule has 0 radical (unpaired) electrons. The molecule has 2 heterocycles. The maximum absolute atomic E-state index is 13.1. The molecule has 172 valence electrons. The molecule has 0 amide bonds. The number of aromatic nitrogens is 1. The number of likely N-dealkylation sites (tertiary alicyclic amines) is 1. The summed E-state index contributed by atoms with van der Waals surface area (Å²) in [5.74, 6) is -0.434. The van der Waals surface area contributed by atoms with Gasteiger partial charge in [0.05, 0.1) is 22.9 Å². The molecule has 1 aliphatic rings. The summed E-state index contributed by atoms with van der Waals surface area (Å²) in [4.78, 5) is 18.4. The van der Waals surface area contributed by atoms with E-state index in [0.717, 1.165) is 16.8 Å². The standard InChI is InChI=1S/C25H26N2O5S/c1-32-20-9-11-21(12-10-20)33(30,31)22-13-15-27(24(16-22)25(28)29)17-18-5-7-19(8-6-18)23-4-2-3-14-26-23/h2-12,14,22,24H,13,15-17H2,1H3,(H,28,29). The van der Waals surface area contributed by atoms with Crippen molar-refractivity contribution in [1.82, 2.24) is 9.88 Å². The van der Waals surface area contributed by atoms with Crippen molar-refractivity contribution in [2.24, 2.45) is 0 Å². The molecule has 4 rings (SSSR count). The molecule has 2 atom stereocenters. The number of pyridine rings is 1. The van der Waals surface area contributed by atoms with Crippen molar-refractivity contribution in [3.8, 4) is 17.0 Å². The van der Waals surface area contributed by atoms with Crippen LogP contribution in [0.1, 0.15) is 18.4 Å². The van der Waals surface area contributed by atoms with Gasteiger partial charge in [-0.1, -0.05) is 30.3 Å². The number of sulfone groups is 1. The number of hydrogen-bond donors (Lipinski definition) is 1. The van der Waals surface area contributed by atoms with Crippen LogP contribution < -0.4 is 4.74 Å². The van der Waals surface area contributed by atoms with Gasteiger partial charge in [-0.3, -0.25) is 14.7 Å². The number of piperidine rings is 1. The average Bonchev–Trinajstić information content (AvgIpc) is 2.85. The third kappa shape index (κ3) is 5.07. The van der Waals surface area contributed by atoms with E-state index in [9.17, 15) is 18.3 Å². The van der Waals surface area contributed by atoms with E-state index < -0.39 is 27.1 Å².